The summed E-state index contributed by atoms with van der Waals surface area (Å²) in [7, 11) is 0. The summed E-state index contributed by atoms with van der Waals surface area (Å²) in [5, 5.41) is 6.65. The van der Waals surface area contributed by atoms with E-state index >= 15 is 0 Å². The second kappa shape index (κ2) is 6.79. The highest BCUT2D eigenvalue weighted by atomic mass is 32.1. The third kappa shape index (κ3) is 3.73. The zero-order valence-corrected chi connectivity index (χ0v) is 18.0. The fourth-order valence-corrected chi connectivity index (χ4v) is 5.98. The Morgan fingerprint density at radius 1 is 1.34 bits per heavy atom. The van der Waals surface area contributed by atoms with E-state index in [1.165, 1.54) is 0 Å². The van der Waals surface area contributed by atoms with Gasteiger partial charge in [0, 0.05) is 5.69 Å². The molecule has 1 saturated carbocycles. The predicted molar refractivity (Wildman–Crippen MR) is 113 cm³/mol. The van der Waals surface area contributed by atoms with Crippen molar-refractivity contribution < 1.29 is 14.4 Å². The van der Waals surface area contributed by atoms with E-state index < -0.39 is 17.5 Å². The molecule has 2 fully saturated rings. The minimum atomic E-state index is -0.891. The third-order valence-electron chi connectivity index (χ3n) is 5.71. The number of hydrogen-bond acceptors (Lipinski definition) is 5. The Bertz CT molecular complexity index is 1010. The highest BCUT2D eigenvalue weighted by molar-refractivity contribution is 7.18. The van der Waals surface area contributed by atoms with Crippen LogP contribution in [-0.4, -0.2) is 39.8 Å². The Balaban J connectivity index is 1.47. The van der Waals surface area contributed by atoms with Crippen molar-refractivity contribution in [3.05, 3.63) is 23.2 Å². The molecule has 2 N–H and O–H groups in total. The van der Waals surface area contributed by atoms with Crippen molar-refractivity contribution >= 4 is 45.1 Å². The van der Waals surface area contributed by atoms with Gasteiger partial charge in [-0.2, -0.15) is 0 Å². The standard InChI is InChI=1S/C21H26N4O3S/c1-12-8-20(3,4)11-21(9-12)18(27)25(19(28)24-21)10-17(26)23-14-5-6-15-16(7-14)29-13(2)22-15/h5-7,12H,8-11H2,1-4H3,(H,23,26)(H,24,28)/t12-,21+/m0/s1. The number of aromatic nitrogens is 1. The molecular formula is C21H26N4O3S. The van der Waals surface area contributed by atoms with Gasteiger partial charge < -0.3 is 10.6 Å². The Morgan fingerprint density at radius 2 is 2.10 bits per heavy atom. The number of nitrogens with zero attached hydrogens (tertiary/aromatic N) is 2. The van der Waals surface area contributed by atoms with E-state index in [2.05, 4.69) is 36.4 Å². The highest BCUT2D eigenvalue weighted by Gasteiger charge is 2.56. The van der Waals surface area contributed by atoms with Crippen LogP contribution < -0.4 is 10.6 Å². The molecular weight excluding hydrogens is 388 g/mol. The molecule has 1 saturated heterocycles. The topological polar surface area (TPSA) is 91.4 Å². The van der Waals surface area contributed by atoms with Gasteiger partial charge in [-0.1, -0.05) is 20.8 Å². The monoisotopic (exact) mass is 414 g/mol. The lowest BCUT2D eigenvalue weighted by molar-refractivity contribution is -0.136. The van der Waals surface area contributed by atoms with Crippen LogP contribution in [0, 0.1) is 18.3 Å². The summed E-state index contributed by atoms with van der Waals surface area (Å²) in [5.41, 5.74) is 0.578. The Kier molecular flexibility index (Phi) is 4.64. The van der Waals surface area contributed by atoms with E-state index in [9.17, 15) is 14.4 Å². The molecule has 0 unspecified atom stereocenters. The summed E-state index contributed by atoms with van der Waals surface area (Å²) < 4.78 is 0.979. The van der Waals surface area contributed by atoms with Crippen LogP contribution >= 0.6 is 11.3 Å². The lowest BCUT2D eigenvalue weighted by Crippen LogP contribution is -2.54. The van der Waals surface area contributed by atoms with Gasteiger partial charge in [0.25, 0.3) is 5.91 Å². The van der Waals surface area contributed by atoms with Gasteiger partial charge in [-0.3, -0.25) is 14.5 Å². The molecule has 2 heterocycles. The van der Waals surface area contributed by atoms with Crippen LogP contribution in [0.4, 0.5) is 10.5 Å². The van der Waals surface area contributed by atoms with E-state index in [1.807, 2.05) is 19.1 Å². The number of amides is 4. The molecule has 2 atom stereocenters. The summed E-state index contributed by atoms with van der Waals surface area (Å²) in [6.45, 7) is 7.99. The minimum Gasteiger partial charge on any atom is -0.324 e. The first-order valence-corrected chi connectivity index (χ1v) is 10.7. The van der Waals surface area contributed by atoms with Gasteiger partial charge in [-0.25, -0.2) is 9.78 Å². The fraction of sp³-hybridized carbons (Fsp3) is 0.524. The Hall–Kier alpha value is -2.48. The summed E-state index contributed by atoms with van der Waals surface area (Å²) in [4.78, 5) is 43.7. The van der Waals surface area contributed by atoms with E-state index in [0.29, 0.717) is 24.4 Å². The van der Waals surface area contributed by atoms with E-state index in [-0.39, 0.29) is 17.9 Å². The number of thiazole rings is 1. The average molecular weight is 415 g/mol. The van der Waals surface area contributed by atoms with Crippen molar-refractivity contribution in [2.75, 3.05) is 11.9 Å². The van der Waals surface area contributed by atoms with Crippen LogP contribution in [0.25, 0.3) is 10.2 Å². The number of nitrogens with one attached hydrogen (secondary N) is 2. The molecule has 2 aliphatic rings. The largest absolute Gasteiger partial charge is 0.325 e. The number of benzene rings is 1. The summed E-state index contributed by atoms with van der Waals surface area (Å²) in [5.74, 6) is -0.355. The van der Waals surface area contributed by atoms with Crippen LogP contribution in [0.2, 0.25) is 0 Å². The number of hydrogen-bond donors (Lipinski definition) is 2. The van der Waals surface area contributed by atoms with Crippen molar-refractivity contribution in [1.29, 1.82) is 0 Å². The molecule has 8 heteroatoms. The Morgan fingerprint density at radius 3 is 2.83 bits per heavy atom. The van der Waals surface area contributed by atoms with Crippen molar-refractivity contribution in [1.82, 2.24) is 15.2 Å². The van der Waals surface area contributed by atoms with Crippen LogP contribution in [0.1, 0.15) is 45.0 Å². The summed E-state index contributed by atoms with van der Waals surface area (Å²) in [6, 6.07) is 5.00. The smallest absolute Gasteiger partial charge is 0.324 e. The van der Waals surface area contributed by atoms with Crippen molar-refractivity contribution in [2.24, 2.45) is 11.3 Å². The number of carbonyl (C=O) groups is 3. The van der Waals surface area contributed by atoms with Crippen LogP contribution in [0.15, 0.2) is 18.2 Å². The van der Waals surface area contributed by atoms with E-state index in [0.717, 1.165) is 26.5 Å². The van der Waals surface area contributed by atoms with Crippen LogP contribution in [0.3, 0.4) is 0 Å². The van der Waals surface area contributed by atoms with Crippen LogP contribution in [-0.2, 0) is 9.59 Å². The van der Waals surface area contributed by atoms with Crippen molar-refractivity contribution in [3.8, 4) is 0 Å². The van der Waals surface area contributed by atoms with Gasteiger partial charge in [-0.15, -0.1) is 11.3 Å². The van der Waals surface area contributed by atoms with Gasteiger partial charge >= 0.3 is 6.03 Å². The molecule has 1 aliphatic carbocycles. The molecule has 1 aromatic heterocycles. The number of fused-ring (bicyclic) bond motifs is 1. The molecule has 0 radical (unpaired) electrons. The van der Waals surface area contributed by atoms with Crippen LogP contribution in [0.5, 0.6) is 0 Å². The SMILES string of the molecule is Cc1nc2ccc(NC(=O)CN3C(=O)N[C@@]4(C[C@@H](C)CC(C)(C)C4)C3=O)cc2s1. The zero-order valence-electron chi connectivity index (χ0n) is 17.2. The lowest BCUT2D eigenvalue weighted by Gasteiger charge is -2.43. The first-order chi connectivity index (χ1) is 13.6. The number of anilines is 1. The van der Waals surface area contributed by atoms with Crippen molar-refractivity contribution in [3.63, 3.8) is 0 Å². The second-order valence-corrected chi connectivity index (χ2v) is 10.5. The van der Waals surface area contributed by atoms with Gasteiger partial charge in [0.2, 0.25) is 5.91 Å². The zero-order chi connectivity index (χ0) is 21.0. The highest BCUT2D eigenvalue weighted by Crippen LogP contribution is 2.46. The molecule has 4 amide bonds. The number of aryl methyl sites for hydroxylation is 1. The molecule has 29 heavy (non-hydrogen) atoms. The average Bonchev–Trinajstić information content (AvgIpc) is 3.04. The molecule has 154 valence electrons. The number of urea groups is 1. The maximum absolute atomic E-state index is 13.1. The van der Waals surface area contributed by atoms with Gasteiger partial charge in [0.1, 0.15) is 12.1 Å². The normalized spacial score (nSPS) is 26.2. The minimum absolute atomic E-state index is 0.0405. The van der Waals surface area contributed by atoms with Gasteiger partial charge in [0.05, 0.1) is 15.2 Å². The maximum Gasteiger partial charge on any atom is 0.325 e. The molecule has 2 aromatic rings. The maximum atomic E-state index is 13.1. The summed E-state index contributed by atoms with van der Waals surface area (Å²) in [6.07, 6.45) is 2.22. The molecule has 1 spiro atoms. The fourth-order valence-electron chi connectivity index (χ4n) is 5.11. The number of imide groups is 1. The van der Waals surface area contributed by atoms with E-state index in [4.69, 9.17) is 0 Å². The van der Waals surface area contributed by atoms with E-state index in [1.54, 1.807) is 17.4 Å². The summed E-state index contributed by atoms with van der Waals surface area (Å²) >= 11 is 1.55. The number of rotatable bonds is 3. The number of carbonyl (C=O) groups excluding carboxylic acids is 3. The van der Waals surface area contributed by atoms with Crippen molar-refractivity contribution in [2.45, 2.75) is 52.5 Å². The van der Waals surface area contributed by atoms with Gasteiger partial charge in [0.15, 0.2) is 0 Å². The second-order valence-electron chi connectivity index (χ2n) is 9.22. The molecule has 4 rings (SSSR count). The lowest BCUT2D eigenvalue weighted by atomic mass is 9.64. The molecule has 7 nitrogen and oxygen atoms in total. The molecule has 1 aromatic carbocycles. The molecule has 1 aliphatic heterocycles. The van der Waals surface area contributed by atoms with Gasteiger partial charge in [-0.05, 0) is 55.7 Å². The predicted octanol–water partition coefficient (Wildman–Crippen LogP) is 3.68. The first-order valence-electron chi connectivity index (χ1n) is 9.88. The Labute approximate surface area is 173 Å². The molecule has 0 bridgehead atoms. The quantitative estimate of drug-likeness (QED) is 0.750. The first kappa shape index (κ1) is 19.8. The third-order valence-corrected chi connectivity index (χ3v) is 6.64.